The lowest BCUT2D eigenvalue weighted by atomic mass is 10.1. The van der Waals surface area contributed by atoms with Gasteiger partial charge in [-0.2, -0.15) is 10.2 Å². The summed E-state index contributed by atoms with van der Waals surface area (Å²) in [5.41, 5.74) is 3.89. The number of rotatable bonds is 10. The van der Waals surface area contributed by atoms with E-state index >= 15 is 0 Å². The molecule has 4 rings (SSSR count). The number of aromatic nitrogens is 2. The molecule has 1 aliphatic heterocycles. The van der Waals surface area contributed by atoms with Crippen molar-refractivity contribution in [3.05, 3.63) is 77.5 Å². The fourth-order valence-electron chi connectivity index (χ4n) is 4.26. The van der Waals surface area contributed by atoms with Crippen LogP contribution < -0.4 is 15.5 Å². The van der Waals surface area contributed by atoms with Crippen molar-refractivity contribution in [2.75, 3.05) is 29.9 Å². The summed E-state index contributed by atoms with van der Waals surface area (Å²) in [4.78, 5) is 11.9. The van der Waals surface area contributed by atoms with Crippen LogP contribution in [0.5, 0.6) is 0 Å². The van der Waals surface area contributed by atoms with Gasteiger partial charge >= 0.3 is 0 Å². The van der Waals surface area contributed by atoms with Gasteiger partial charge < -0.3 is 15.5 Å². The molecule has 0 saturated carbocycles. The number of nitriles is 1. The van der Waals surface area contributed by atoms with Crippen molar-refractivity contribution in [3.8, 4) is 6.07 Å². The normalized spacial score (nSPS) is 15.4. The van der Waals surface area contributed by atoms with E-state index in [0.717, 1.165) is 68.9 Å². The molecule has 0 bridgehead atoms. The summed E-state index contributed by atoms with van der Waals surface area (Å²) in [5, 5.41) is 16.2. The second kappa shape index (κ2) is 11.4. The average Bonchev–Trinajstić information content (AvgIpc) is 3.32. The molecular formula is C27H32N6. The summed E-state index contributed by atoms with van der Waals surface area (Å²) in [7, 11) is 0. The predicted molar refractivity (Wildman–Crippen MR) is 134 cm³/mol. The topological polar surface area (TPSA) is 76.9 Å². The summed E-state index contributed by atoms with van der Waals surface area (Å²) in [6.45, 7) is 5.14. The van der Waals surface area contributed by atoms with Crippen molar-refractivity contribution < 1.29 is 0 Å². The molecule has 2 aromatic carbocycles. The minimum absolute atomic E-state index is 0.481. The van der Waals surface area contributed by atoms with Crippen LogP contribution in [0.2, 0.25) is 0 Å². The van der Waals surface area contributed by atoms with Gasteiger partial charge in [-0.3, -0.25) is 0 Å². The zero-order chi connectivity index (χ0) is 22.9. The van der Waals surface area contributed by atoms with E-state index in [4.69, 9.17) is 15.2 Å². The van der Waals surface area contributed by atoms with Crippen LogP contribution in [0.1, 0.15) is 43.0 Å². The molecule has 1 atom stereocenters. The second-order valence-corrected chi connectivity index (χ2v) is 8.58. The molecule has 0 amide bonds. The third-order valence-corrected chi connectivity index (χ3v) is 5.95. The van der Waals surface area contributed by atoms with Crippen LogP contribution in [0.15, 0.2) is 60.7 Å². The Morgan fingerprint density at radius 2 is 1.94 bits per heavy atom. The lowest BCUT2D eigenvalue weighted by Gasteiger charge is -2.20. The highest BCUT2D eigenvalue weighted by Gasteiger charge is 2.24. The number of nitrogens with one attached hydrogen (secondary N) is 2. The van der Waals surface area contributed by atoms with Crippen LogP contribution in [0, 0.1) is 11.3 Å². The Hall–Kier alpha value is -3.43. The Balaban J connectivity index is 1.36. The van der Waals surface area contributed by atoms with E-state index in [0.29, 0.717) is 17.6 Å². The van der Waals surface area contributed by atoms with Crippen molar-refractivity contribution in [1.82, 2.24) is 15.3 Å². The molecular weight excluding hydrogens is 408 g/mol. The average molecular weight is 441 g/mol. The molecule has 2 heterocycles. The second-order valence-electron chi connectivity index (χ2n) is 8.58. The van der Waals surface area contributed by atoms with Gasteiger partial charge in [-0.15, -0.1) is 0 Å². The highest BCUT2D eigenvalue weighted by molar-refractivity contribution is 5.58. The summed E-state index contributed by atoms with van der Waals surface area (Å²) in [5.74, 6) is 1.56. The maximum atomic E-state index is 9.17. The molecule has 3 aromatic rings. The molecule has 6 heteroatoms. The summed E-state index contributed by atoms with van der Waals surface area (Å²) < 4.78 is 0. The number of nitrogens with zero attached hydrogens (tertiary/aromatic N) is 4. The molecule has 0 radical (unpaired) electrons. The number of hydrogen-bond acceptors (Lipinski definition) is 6. The Bertz CT molecular complexity index is 1080. The standard InChI is InChI=1S/C27H32N6/c1-2-8-23-18-26(32-27(30-23)31-24-13-6-11-22(17-24)19-28)33-16-14-25(20-33)29-15-7-12-21-9-4-3-5-10-21/h3-6,9-11,13,17-18,25,29H,2,7-8,12,14-16,20H2,1H3,(H,30,31,32). The van der Waals surface area contributed by atoms with Crippen LogP contribution in [0.4, 0.5) is 17.5 Å². The third-order valence-electron chi connectivity index (χ3n) is 5.95. The van der Waals surface area contributed by atoms with Gasteiger partial charge in [-0.05, 0) is 56.0 Å². The summed E-state index contributed by atoms with van der Waals surface area (Å²) >= 11 is 0. The van der Waals surface area contributed by atoms with Gasteiger partial charge in [0.25, 0.3) is 0 Å². The van der Waals surface area contributed by atoms with E-state index in [2.05, 4.69) is 64.9 Å². The summed E-state index contributed by atoms with van der Waals surface area (Å²) in [6.07, 6.45) is 5.32. The van der Waals surface area contributed by atoms with Gasteiger partial charge in [0.1, 0.15) is 5.82 Å². The van der Waals surface area contributed by atoms with Crippen molar-refractivity contribution >= 4 is 17.5 Å². The van der Waals surface area contributed by atoms with Crippen LogP contribution in [-0.4, -0.2) is 35.6 Å². The number of anilines is 3. The molecule has 170 valence electrons. The van der Waals surface area contributed by atoms with Crippen LogP contribution in [-0.2, 0) is 12.8 Å². The molecule has 0 spiro atoms. The number of benzene rings is 2. The number of aryl methyl sites for hydroxylation is 2. The smallest absolute Gasteiger partial charge is 0.229 e. The fourth-order valence-corrected chi connectivity index (χ4v) is 4.26. The van der Waals surface area contributed by atoms with Crippen LogP contribution >= 0.6 is 0 Å². The van der Waals surface area contributed by atoms with Crippen molar-refractivity contribution in [2.24, 2.45) is 0 Å². The fraction of sp³-hybridized carbons (Fsp3) is 0.370. The first-order valence-corrected chi connectivity index (χ1v) is 11.9. The molecule has 1 fully saturated rings. The van der Waals surface area contributed by atoms with E-state index < -0.39 is 0 Å². The zero-order valence-corrected chi connectivity index (χ0v) is 19.3. The Kier molecular flexibility index (Phi) is 7.89. The molecule has 1 aromatic heterocycles. The molecule has 1 aliphatic rings. The molecule has 1 saturated heterocycles. The predicted octanol–water partition coefficient (Wildman–Crippen LogP) is 4.85. The first kappa shape index (κ1) is 22.8. The third kappa shape index (κ3) is 6.53. The lowest BCUT2D eigenvalue weighted by molar-refractivity contribution is 0.539. The first-order valence-electron chi connectivity index (χ1n) is 11.9. The van der Waals surface area contributed by atoms with Gasteiger partial charge in [0.05, 0.1) is 11.6 Å². The molecule has 33 heavy (non-hydrogen) atoms. The van der Waals surface area contributed by atoms with E-state index in [9.17, 15) is 0 Å². The first-order chi connectivity index (χ1) is 16.2. The Morgan fingerprint density at radius 3 is 2.76 bits per heavy atom. The zero-order valence-electron chi connectivity index (χ0n) is 19.3. The highest BCUT2D eigenvalue weighted by Crippen LogP contribution is 2.23. The molecule has 0 aliphatic carbocycles. The van der Waals surface area contributed by atoms with E-state index in [-0.39, 0.29) is 0 Å². The quantitative estimate of drug-likeness (QED) is 0.439. The van der Waals surface area contributed by atoms with E-state index in [1.807, 2.05) is 18.2 Å². The summed E-state index contributed by atoms with van der Waals surface area (Å²) in [6, 6.07) is 22.9. The number of hydrogen-bond donors (Lipinski definition) is 2. The van der Waals surface area contributed by atoms with E-state index in [1.54, 1.807) is 6.07 Å². The van der Waals surface area contributed by atoms with Gasteiger partial charge in [0.2, 0.25) is 5.95 Å². The minimum Gasteiger partial charge on any atom is -0.355 e. The Morgan fingerprint density at radius 1 is 1.06 bits per heavy atom. The maximum Gasteiger partial charge on any atom is 0.229 e. The van der Waals surface area contributed by atoms with Gasteiger partial charge in [0.15, 0.2) is 0 Å². The highest BCUT2D eigenvalue weighted by atomic mass is 15.3. The van der Waals surface area contributed by atoms with Crippen molar-refractivity contribution in [3.63, 3.8) is 0 Å². The van der Waals surface area contributed by atoms with E-state index in [1.165, 1.54) is 5.56 Å². The van der Waals surface area contributed by atoms with Gasteiger partial charge in [-0.25, -0.2) is 4.98 Å². The van der Waals surface area contributed by atoms with Crippen LogP contribution in [0.3, 0.4) is 0 Å². The SMILES string of the molecule is CCCc1cc(N2CCC(NCCCc3ccccc3)C2)nc(Nc2cccc(C#N)c2)n1. The molecule has 6 nitrogen and oxygen atoms in total. The molecule has 2 N–H and O–H groups in total. The molecule has 1 unspecified atom stereocenters. The minimum atomic E-state index is 0.481. The van der Waals surface area contributed by atoms with Gasteiger partial charge in [-0.1, -0.05) is 49.7 Å². The van der Waals surface area contributed by atoms with Gasteiger partial charge in [0, 0.05) is 36.6 Å². The largest absolute Gasteiger partial charge is 0.355 e. The Labute approximate surface area is 196 Å². The van der Waals surface area contributed by atoms with Crippen LogP contribution in [0.25, 0.3) is 0 Å². The lowest BCUT2D eigenvalue weighted by Crippen LogP contribution is -2.33. The van der Waals surface area contributed by atoms with Crippen molar-refractivity contribution in [1.29, 1.82) is 5.26 Å². The maximum absolute atomic E-state index is 9.17. The van der Waals surface area contributed by atoms with Crippen molar-refractivity contribution in [2.45, 2.75) is 45.1 Å². The monoisotopic (exact) mass is 440 g/mol.